The Morgan fingerprint density at radius 3 is 2.31 bits per heavy atom. The van der Waals surface area contributed by atoms with Gasteiger partial charge in [-0.1, -0.05) is 66.2 Å². The molecular weight excluding hydrogens is 348 g/mol. The fourth-order valence-electron chi connectivity index (χ4n) is 2.25. The molecule has 26 heavy (non-hydrogen) atoms. The second kappa shape index (κ2) is 8.88. The number of esters is 1. The lowest BCUT2D eigenvalue weighted by atomic mass is 10.2. The average molecular weight is 365 g/mol. The van der Waals surface area contributed by atoms with E-state index >= 15 is 0 Å². The van der Waals surface area contributed by atoms with Gasteiger partial charge in [0.2, 0.25) is 0 Å². The zero-order valence-corrected chi connectivity index (χ0v) is 14.7. The molecule has 3 nitrogen and oxygen atoms in total. The van der Waals surface area contributed by atoms with Gasteiger partial charge >= 0.3 is 5.97 Å². The van der Waals surface area contributed by atoms with Crippen LogP contribution in [0.1, 0.15) is 11.1 Å². The van der Waals surface area contributed by atoms with Crippen molar-refractivity contribution in [3.8, 4) is 11.5 Å². The Bertz CT molecular complexity index is 887. The SMILES string of the molecule is O=C(/C=C/c1ccc(OCc2ccccc2)cc1)Oc1ccccc1Cl. The van der Waals surface area contributed by atoms with E-state index in [1.54, 1.807) is 30.3 Å². The van der Waals surface area contributed by atoms with Crippen molar-refractivity contribution in [1.82, 2.24) is 0 Å². The summed E-state index contributed by atoms with van der Waals surface area (Å²) in [4.78, 5) is 11.9. The highest BCUT2D eigenvalue weighted by atomic mass is 35.5. The van der Waals surface area contributed by atoms with E-state index in [1.165, 1.54) is 6.08 Å². The summed E-state index contributed by atoms with van der Waals surface area (Å²) in [5.74, 6) is 0.626. The standard InChI is InChI=1S/C22H17ClO3/c23-20-8-4-5-9-21(20)26-22(24)15-12-17-10-13-19(14-11-17)25-16-18-6-2-1-3-7-18/h1-15H,16H2/b15-12+. The van der Waals surface area contributed by atoms with Crippen LogP contribution in [0.25, 0.3) is 6.08 Å². The Morgan fingerprint density at radius 1 is 0.885 bits per heavy atom. The molecule has 0 N–H and O–H groups in total. The Morgan fingerprint density at radius 2 is 1.58 bits per heavy atom. The Balaban J connectivity index is 1.54. The number of rotatable bonds is 6. The molecule has 0 fully saturated rings. The summed E-state index contributed by atoms with van der Waals surface area (Å²) >= 11 is 5.96. The minimum atomic E-state index is -0.484. The quantitative estimate of drug-likeness (QED) is 0.327. The number of benzene rings is 3. The van der Waals surface area contributed by atoms with Gasteiger partial charge in [0.25, 0.3) is 0 Å². The van der Waals surface area contributed by atoms with Gasteiger partial charge in [-0.05, 0) is 41.5 Å². The van der Waals surface area contributed by atoms with Gasteiger partial charge in [-0.3, -0.25) is 0 Å². The second-order valence-corrected chi connectivity index (χ2v) is 5.94. The molecule has 0 aliphatic rings. The van der Waals surface area contributed by atoms with Crippen molar-refractivity contribution in [3.05, 3.63) is 101 Å². The van der Waals surface area contributed by atoms with Crippen LogP contribution in [0.15, 0.2) is 84.9 Å². The van der Waals surface area contributed by atoms with Gasteiger partial charge in [-0.15, -0.1) is 0 Å². The van der Waals surface area contributed by atoms with Gasteiger partial charge in [0.1, 0.15) is 18.1 Å². The summed E-state index contributed by atoms with van der Waals surface area (Å²) in [6.07, 6.45) is 3.04. The fourth-order valence-corrected chi connectivity index (χ4v) is 2.42. The topological polar surface area (TPSA) is 35.5 Å². The molecule has 4 heteroatoms. The maximum atomic E-state index is 11.9. The highest BCUT2D eigenvalue weighted by Crippen LogP contribution is 2.23. The molecule has 0 radical (unpaired) electrons. The number of hydrogen-bond donors (Lipinski definition) is 0. The first-order chi connectivity index (χ1) is 12.7. The van der Waals surface area contributed by atoms with Crippen molar-refractivity contribution in [2.24, 2.45) is 0 Å². The number of hydrogen-bond acceptors (Lipinski definition) is 3. The van der Waals surface area contributed by atoms with Crippen LogP contribution < -0.4 is 9.47 Å². The molecule has 3 aromatic rings. The van der Waals surface area contributed by atoms with Gasteiger partial charge in [-0.25, -0.2) is 4.79 Å². The monoisotopic (exact) mass is 364 g/mol. The average Bonchev–Trinajstić information content (AvgIpc) is 2.68. The molecule has 0 unspecified atom stereocenters. The van der Waals surface area contributed by atoms with Crippen LogP contribution in [0.2, 0.25) is 5.02 Å². The first-order valence-electron chi connectivity index (χ1n) is 8.12. The summed E-state index contributed by atoms with van der Waals surface area (Å²) in [7, 11) is 0. The first-order valence-corrected chi connectivity index (χ1v) is 8.50. The molecule has 130 valence electrons. The lowest BCUT2D eigenvalue weighted by Crippen LogP contribution is -2.03. The van der Waals surface area contributed by atoms with Crippen molar-refractivity contribution in [2.75, 3.05) is 0 Å². The number of halogens is 1. The third kappa shape index (κ3) is 5.23. The summed E-state index contributed by atoms with van der Waals surface area (Å²) in [5, 5.41) is 0.397. The highest BCUT2D eigenvalue weighted by molar-refractivity contribution is 6.32. The molecule has 0 bridgehead atoms. The molecule has 3 aromatic carbocycles. The Hall–Kier alpha value is -3.04. The first kappa shape index (κ1) is 17.8. The van der Waals surface area contributed by atoms with Crippen molar-refractivity contribution >= 4 is 23.6 Å². The Labute approximate surface area is 157 Å². The number of carbonyl (C=O) groups is 1. The zero-order valence-electron chi connectivity index (χ0n) is 14.0. The van der Waals surface area contributed by atoms with E-state index in [0.29, 0.717) is 17.4 Å². The molecule has 0 heterocycles. The van der Waals surface area contributed by atoms with Crippen LogP contribution >= 0.6 is 11.6 Å². The van der Waals surface area contributed by atoms with Crippen LogP contribution in [0.3, 0.4) is 0 Å². The van der Waals surface area contributed by atoms with Gasteiger partial charge in [0.15, 0.2) is 0 Å². The molecular formula is C22H17ClO3. The van der Waals surface area contributed by atoms with Crippen LogP contribution in [0, 0.1) is 0 Å². The molecule has 0 aliphatic heterocycles. The van der Waals surface area contributed by atoms with Crippen LogP contribution in [-0.2, 0) is 11.4 Å². The molecule has 0 amide bonds. The van der Waals surface area contributed by atoms with E-state index in [4.69, 9.17) is 21.1 Å². The predicted molar refractivity (Wildman–Crippen MR) is 103 cm³/mol. The lowest BCUT2D eigenvalue weighted by Gasteiger charge is -2.06. The van der Waals surface area contributed by atoms with Crippen molar-refractivity contribution in [3.63, 3.8) is 0 Å². The number of para-hydroxylation sites is 1. The highest BCUT2D eigenvalue weighted by Gasteiger charge is 2.04. The number of carbonyl (C=O) groups excluding carboxylic acids is 1. The van der Waals surface area contributed by atoms with Gasteiger partial charge in [-0.2, -0.15) is 0 Å². The molecule has 3 rings (SSSR count). The maximum Gasteiger partial charge on any atom is 0.336 e. The second-order valence-electron chi connectivity index (χ2n) is 5.53. The normalized spacial score (nSPS) is 10.7. The molecule has 0 saturated heterocycles. The number of ether oxygens (including phenoxy) is 2. The predicted octanol–water partition coefficient (Wildman–Crippen LogP) is 5.54. The smallest absolute Gasteiger partial charge is 0.336 e. The van der Waals surface area contributed by atoms with Crippen molar-refractivity contribution < 1.29 is 14.3 Å². The molecule has 0 aromatic heterocycles. The van der Waals surface area contributed by atoms with E-state index in [2.05, 4.69) is 0 Å². The van der Waals surface area contributed by atoms with Crippen LogP contribution in [-0.4, -0.2) is 5.97 Å². The van der Waals surface area contributed by atoms with Crippen LogP contribution in [0.4, 0.5) is 0 Å². The molecule has 0 spiro atoms. The van der Waals surface area contributed by atoms with Crippen molar-refractivity contribution in [1.29, 1.82) is 0 Å². The van der Waals surface area contributed by atoms with Gasteiger partial charge < -0.3 is 9.47 Å². The zero-order chi connectivity index (χ0) is 18.2. The molecule has 0 saturated carbocycles. The lowest BCUT2D eigenvalue weighted by molar-refractivity contribution is -0.128. The minimum Gasteiger partial charge on any atom is -0.489 e. The van der Waals surface area contributed by atoms with E-state index < -0.39 is 5.97 Å². The third-order valence-electron chi connectivity index (χ3n) is 3.59. The van der Waals surface area contributed by atoms with E-state index in [1.807, 2.05) is 54.6 Å². The van der Waals surface area contributed by atoms with Gasteiger partial charge in [0, 0.05) is 6.08 Å². The summed E-state index contributed by atoms with van der Waals surface area (Å²) in [6, 6.07) is 24.3. The van der Waals surface area contributed by atoms with E-state index in [0.717, 1.165) is 16.9 Å². The Kier molecular flexibility index (Phi) is 6.07. The molecule has 0 atom stereocenters. The maximum absolute atomic E-state index is 11.9. The largest absolute Gasteiger partial charge is 0.489 e. The van der Waals surface area contributed by atoms with Crippen molar-refractivity contribution in [2.45, 2.75) is 6.61 Å². The minimum absolute atomic E-state index is 0.341. The van der Waals surface area contributed by atoms with E-state index in [9.17, 15) is 4.79 Å². The fraction of sp³-hybridized carbons (Fsp3) is 0.0455. The third-order valence-corrected chi connectivity index (χ3v) is 3.90. The summed E-state index contributed by atoms with van der Waals surface area (Å²) in [5.41, 5.74) is 1.98. The van der Waals surface area contributed by atoms with E-state index in [-0.39, 0.29) is 0 Å². The van der Waals surface area contributed by atoms with Crippen LogP contribution in [0.5, 0.6) is 11.5 Å². The van der Waals surface area contributed by atoms with Gasteiger partial charge in [0.05, 0.1) is 5.02 Å². The molecule has 0 aliphatic carbocycles. The summed E-state index contributed by atoms with van der Waals surface area (Å²) in [6.45, 7) is 0.514. The summed E-state index contributed by atoms with van der Waals surface area (Å²) < 4.78 is 10.9.